The summed E-state index contributed by atoms with van der Waals surface area (Å²) in [6.45, 7) is 2.79. The number of aryl methyl sites for hydroxylation is 1. The lowest BCUT2D eigenvalue weighted by atomic mass is 9.73. The maximum atomic E-state index is 13.6. The quantitative estimate of drug-likeness (QED) is 0.558. The second-order valence-corrected chi connectivity index (χ2v) is 7.85. The van der Waals surface area contributed by atoms with Crippen LogP contribution in [0, 0.1) is 0 Å². The van der Waals surface area contributed by atoms with Crippen LogP contribution in [0.5, 0.6) is 0 Å². The van der Waals surface area contributed by atoms with Crippen LogP contribution in [0.1, 0.15) is 42.9 Å². The lowest BCUT2D eigenvalue weighted by molar-refractivity contribution is -0.125. The van der Waals surface area contributed by atoms with Gasteiger partial charge in [0.25, 0.3) is 0 Å². The fourth-order valence-electron chi connectivity index (χ4n) is 4.58. The number of hydrogen-bond donors (Lipinski definition) is 2. The number of fused-ring (bicyclic) bond motifs is 3. The predicted molar refractivity (Wildman–Crippen MR) is 120 cm³/mol. The number of amides is 1. The third-order valence-electron chi connectivity index (χ3n) is 5.98. The van der Waals surface area contributed by atoms with Crippen LogP contribution in [-0.4, -0.2) is 12.5 Å². The molecular formula is C26H28N2O. The lowest BCUT2D eigenvalue weighted by Gasteiger charge is -2.31. The first kappa shape index (κ1) is 19.3. The van der Waals surface area contributed by atoms with E-state index in [1.54, 1.807) is 0 Å². The summed E-state index contributed by atoms with van der Waals surface area (Å²) in [5, 5.41) is 3.20. The van der Waals surface area contributed by atoms with Crippen LogP contribution in [0.4, 0.5) is 5.69 Å². The molecule has 3 aromatic carbocycles. The number of carbonyl (C=O) groups excluding carboxylic acids is 1. The van der Waals surface area contributed by atoms with Crippen LogP contribution in [0.2, 0.25) is 0 Å². The fourth-order valence-corrected chi connectivity index (χ4v) is 4.58. The van der Waals surface area contributed by atoms with Crippen molar-refractivity contribution in [2.75, 3.05) is 12.3 Å². The van der Waals surface area contributed by atoms with Crippen molar-refractivity contribution < 1.29 is 4.79 Å². The van der Waals surface area contributed by atoms with E-state index in [2.05, 4.69) is 60.8 Å². The molecule has 0 fully saturated rings. The summed E-state index contributed by atoms with van der Waals surface area (Å²) >= 11 is 0. The highest BCUT2D eigenvalue weighted by Gasteiger charge is 2.48. The maximum absolute atomic E-state index is 13.6. The van der Waals surface area contributed by atoms with E-state index in [-0.39, 0.29) is 5.91 Å². The van der Waals surface area contributed by atoms with Crippen molar-refractivity contribution in [3.8, 4) is 11.1 Å². The average Bonchev–Trinajstić information content (AvgIpc) is 3.05. The summed E-state index contributed by atoms with van der Waals surface area (Å²) in [5.41, 5.74) is 11.8. The third kappa shape index (κ3) is 3.42. The molecule has 3 nitrogen and oxygen atoms in total. The van der Waals surface area contributed by atoms with Gasteiger partial charge in [-0.2, -0.15) is 0 Å². The minimum absolute atomic E-state index is 0.119. The monoisotopic (exact) mass is 384 g/mol. The molecule has 1 amide bonds. The molecule has 148 valence electrons. The van der Waals surface area contributed by atoms with Crippen molar-refractivity contribution in [2.45, 2.75) is 38.0 Å². The number of nitrogens with one attached hydrogen (secondary N) is 1. The first-order valence-electron chi connectivity index (χ1n) is 10.5. The Hall–Kier alpha value is -3.07. The van der Waals surface area contributed by atoms with Crippen molar-refractivity contribution in [1.82, 2.24) is 5.32 Å². The molecule has 3 heteroatoms. The van der Waals surface area contributed by atoms with Crippen LogP contribution >= 0.6 is 0 Å². The van der Waals surface area contributed by atoms with Gasteiger partial charge in [0.05, 0.1) is 0 Å². The number of anilines is 1. The van der Waals surface area contributed by atoms with Crippen molar-refractivity contribution in [3.05, 3.63) is 89.5 Å². The zero-order valence-corrected chi connectivity index (χ0v) is 16.9. The second kappa shape index (κ2) is 8.12. The average molecular weight is 385 g/mol. The van der Waals surface area contributed by atoms with Gasteiger partial charge in [-0.3, -0.25) is 4.79 Å². The highest BCUT2D eigenvalue weighted by atomic mass is 16.2. The molecular weight excluding hydrogens is 356 g/mol. The van der Waals surface area contributed by atoms with Crippen molar-refractivity contribution >= 4 is 11.6 Å². The molecule has 1 aliphatic carbocycles. The first-order valence-corrected chi connectivity index (χ1v) is 10.5. The van der Waals surface area contributed by atoms with Gasteiger partial charge in [0, 0.05) is 12.2 Å². The first-order chi connectivity index (χ1) is 14.2. The number of rotatable bonds is 7. The van der Waals surface area contributed by atoms with Gasteiger partial charge in [-0.1, -0.05) is 67.6 Å². The number of carbonyl (C=O) groups is 1. The SMILES string of the molecule is CCCNC(=O)C1(CCCc2ccc(N)cc2)c2ccccc2-c2ccccc21. The predicted octanol–water partition coefficient (Wildman–Crippen LogP) is 5.08. The number of hydrogen-bond acceptors (Lipinski definition) is 2. The van der Waals surface area contributed by atoms with Crippen molar-refractivity contribution in [3.63, 3.8) is 0 Å². The molecule has 3 aromatic rings. The van der Waals surface area contributed by atoms with E-state index in [9.17, 15) is 4.79 Å². The molecule has 0 aliphatic heterocycles. The summed E-state index contributed by atoms with van der Waals surface area (Å²) in [4.78, 5) is 13.6. The Labute approximate surface area is 173 Å². The molecule has 0 saturated heterocycles. The topological polar surface area (TPSA) is 55.1 Å². The molecule has 0 unspecified atom stereocenters. The van der Waals surface area contributed by atoms with E-state index < -0.39 is 5.41 Å². The lowest BCUT2D eigenvalue weighted by Crippen LogP contribution is -2.44. The summed E-state index contributed by atoms with van der Waals surface area (Å²) in [6.07, 6.45) is 3.55. The molecule has 0 spiro atoms. The van der Waals surface area contributed by atoms with Crippen LogP contribution in [0.15, 0.2) is 72.8 Å². The van der Waals surface area contributed by atoms with E-state index in [0.717, 1.165) is 42.5 Å². The molecule has 4 rings (SSSR count). The van der Waals surface area contributed by atoms with E-state index >= 15 is 0 Å². The molecule has 0 bridgehead atoms. The van der Waals surface area contributed by atoms with Gasteiger partial charge in [0.15, 0.2) is 0 Å². The summed E-state index contributed by atoms with van der Waals surface area (Å²) in [5.74, 6) is 0.119. The molecule has 3 N–H and O–H groups in total. The Kier molecular flexibility index (Phi) is 5.39. The highest BCUT2D eigenvalue weighted by molar-refractivity contribution is 6.00. The van der Waals surface area contributed by atoms with Crippen molar-refractivity contribution in [1.29, 1.82) is 0 Å². The van der Waals surface area contributed by atoms with Gasteiger partial charge in [-0.05, 0) is 65.6 Å². The molecule has 0 aromatic heterocycles. The van der Waals surface area contributed by atoms with E-state index in [1.165, 1.54) is 16.7 Å². The zero-order valence-electron chi connectivity index (χ0n) is 16.9. The number of nitrogens with two attached hydrogens (primary N) is 1. The molecule has 0 saturated carbocycles. The van der Waals surface area contributed by atoms with Crippen molar-refractivity contribution in [2.24, 2.45) is 0 Å². The van der Waals surface area contributed by atoms with Crippen LogP contribution in [0.3, 0.4) is 0 Å². The Balaban J connectivity index is 1.71. The molecule has 29 heavy (non-hydrogen) atoms. The van der Waals surface area contributed by atoms with Gasteiger partial charge in [-0.25, -0.2) is 0 Å². The van der Waals surface area contributed by atoms with E-state index in [4.69, 9.17) is 5.73 Å². The van der Waals surface area contributed by atoms with Gasteiger partial charge < -0.3 is 11.1 Å². The van der Waals surface area contributed by atoms with Gasteiger partial charge >= 0.3 is 0 Å². The van der Waals surface area contributed by atoms with Gasteiger partial charge in [0.2, 0.25) is 5.91 Å². The Morgan fingerprint density at radius 3 is 2.07 bits per heavy atom. The number of nitrogen functional groups attached to an aromatic ring is 1. The Morgan fingerprint density at radius 2 is 1.48 bits per heavy atom. The van der Waals surface area contributed by atoms with Gasteiger partial charge in [0.1, 0.15) is 5.41 Å². The molecule has 1 aliphatic rings. The number of benzene rings is 3. The largest absolute Gasteiger partial charge is 0.399 e. The standard InChI is InChI=1S/C26H28N2O/c1-2-18-28-25(29)26(17-7-8-19-13-15-20(27)16-14-19)23-11-5-3-9-21(23)22-10-4-6-12-24(22)26/h3-6,9-16H,2,7-8,17-18,27H2,1H3,(H,28,29). The normalized spacial score (nSPS) is 13.6. The second-order valence-electron chi connectivity index (χ2n) is 7.85. The zero-order chi connectivity index (χ0) is 20.3. The molecule has 0 heterocycles. The fraction of sp³-hybridized carbons (Fsp3) is 0.269. The third-order valence-corrected chi connectivity index (χ3v) is 5.98. The molecule has 0 atom stereocenters. The van der Waals surface area contributed by atoms with E-state index in [1.807, 2.05) is 24.3 Å². The summed E-state index contributed by atoms with van der Waals surface area (Å²) in [6, 6.07) is 24.8. The Morgan fingerprint density at radius 1 is 0.897 bits per heavy atom. The van der Waals surface area contributed by atoms with Crippen LogP contribution < -0.4 is 11.1 Å². The Bertz CT molecular complexity index is 962. The van der Waals surface area contributed by atoms with Crippen LogP contribution in [0.25, 0.3) is 11.1 Å². The molecule has 0 radical (unpaired) electrons. The maximum Gasteiger partial charge on any atom is 0.235 e. The minimum Gasteiger partial charge on any atom is -0.399 e. The smallest absolute Gasteiger partial charge is 0.235 e. The minimum atomic E-state index is -0.629. The summed E-state index contributed by atoms with van der Waals surface area (Å²) < 4.78 is 0. The highest BCUT2D eigenvalue weighted by Crippen LogP contribution is 2.51. The van der Waals surface area contributed by atoms with E-state index in [0.29, 0.717) is 6.54 Å². The van der Waals surface area contributed by atoms with Gasteiger partial charge in [-0.15, -0.1) is 0 Å². The summed E-state index contributed by atoms with van der Waals surface area (Å²) in [7, 11) is 0. The van der Waals surface area contributed by atoms with Crippen LogP contribution in [-0.2, 0) is 16.6 Å².